The van der Waals surface area contributed by atoms with Gasteiger partial charge in [0, 0.05) is 30.4 Å². The Morgan fingerprint density at radius 1 is 1.13 bits per heavy atom. The second-order valence-corrected chi connectivity index (χ2v) is 9.43. The van der Waals surface area contributed by atoms with Crippen molar-refractivity contribution in [2.45, 2.75) is 17.7 Å². The normalized spacial score (nSPS) is 17.4. The smallest absolute Gasteiger partial charge is 0.248 e. The number of fused-ring (bicyclic) bond motifs is 1. The van der Waals surface area contributed by atoms with E-state index in [1.807, 2.05) is 0 Å². The van der Waals surface area contributed by atoms with Gasteiger partial charge in [0.2, 0.25) is 21.5 Å². The molecule has 2 heterocycles. The molecule has 1 saturated heterocycles. The van der Waals surface area contributed by atoms with E-state index in [0.29, 0.717) is 41.7 Å². The summed E-state index contributed by atoms with van der Waals surface area (Å²) < 4.78 is 32.9. The minimum absolute atomic E-state index is 0.119. The average Bonchev–Trinajstić information content (AvgIpc) is 2.79. The first kappa shape index (κ1) is 21.1. The lowest BCUT2D eigenvalue weighted by Gasteiger charge is -2.31. The third-order valence-electron chi connectivity index (χ3n) is 5.45. The predicted molar refractivity (Wildman–Crippen MR) is 118 cm³/mol. The zero-order chi connectivity index (χ0) is 22.0. The van der Waals surface area contributed by atoms with E-state index in [9.17, 15) is 18.0 Å². The van der Waals surface area contributed by atoms with Crippen LogP contribution in [0.25, 0.3) is 10.9 Å². The molecule has 9 heteroatoms. The van der Waals surface area contributed by atoms with Crippen molar-refractivity contribution in [2.75, 3.05) is 25.5 Å². The van der Waals surface area contributed by atoms with Crippen molar-refractivity contribution in [3.63, 3.8) is 0 Å². The van der Waals surface area contributed by atoms with Crippen molar-refractivity contribution >= 4 is 32.5 Å². The second kappa shape index (κ2) is 8.52. The van der Waals surface area contributed by atoms with Gasteiger partial charge in [0.25, 0.3) is 0 Å². The van der Waals surface area contributed by atoms with Gasteiger partial charge in [-0.15, -0.1) is 0 Å². The molecule has 0 unspecified atom stereocenters. The van der Waals surface area contributed by atoms with Gasteiger partial charge in [-0.3, -0.25) is 9.59 Å². The van der Waals surface area contributed by atoms with E-state index in [2.05, 4.69) is 10.3 Å². The Morgan fingerprint density at radius 3 is 2.65 bits per heavy atom. The van der Waals surface area contributed by atoms with E-state index in [-0.39, 0.29) is 22.9 Å². The maximum atomic E-state index is 13.2. The SMILES string of the molecule is COc1ccc(NC(=O)[C@@H]2CCCN(S(=O)(=O)c3ccc4[nH]c(=O)ccc4c3)C2)cc1. The Balaban J connectivity index is 1.50. The van der Waals surface area contributed by atoms with Crippen LogP contribution in [-0.4, -0.2) is 43.8 Å². The standard InChI is InChI=1S/C22H23N3O5S/c1-30-18-7-5-17(6-8-18)23-22(27)16-3-2-12-25(14-16)31(28,29)19-9-10-20-15(13-19)4-11-21(26)24-20/h4-11,13,16H,2-3,12,14H2,1H3,(H,23,27)(H,24,26)/t16-/m1/s1. The second-order valence-electron chi connectivity index (χ2n) is 7.49. The van der Waals surface area contributed by atoms with Crippen LogP contribution in [0.5, 0.6) is 5.75 Å². The van der Waals surface area contributed by atoms with Crippen LogP contribution in [-0.2, 0) is 14.8 Å². The molecule has 1 fully saturated rings. The number of hydrogen-bond donors (Lipinski definition) is 2. The van der Waals surface area contributed by atoms with Gasteiger partial charge in [-0.2, -0.15) is 4.31 Å². The number of hydrogen-bond acceptors (Lipinski definition) is 5. The van der Waals surface area contributed by atoms with E-state index in [4.69, 9.17) is 4.74 Å². The number of ether oxygens (including phenoxy) is 1. The number of benzene rings is 2. The number of rotatable bonds is 5. The van der Waals surface area contributed by atoms with Gasteiger partial charge in [-0.25, -0.2) is 8.42 Å². The van der Waals surface area contributed by atoms with Crippen LogP contribution in [0, 0.1) is 5.92 Å². The van der Waals surface area contributed by atoms with Gasteiger partial charge < -0.3 is 15.0 Å². The number of piperidine rings is 1. The number of nitrogens with zero attached hydrogens (tertiary/aromatic N) is 1. The third-order valence-corrected chi connectivity index (χ3v) is 7.31. The Hall–Kier alpha value is -3.17. The highest BCUT2D eigenvalue weighted by Gasteiger charge is 2.33. The number of pyridine rings is 1. The predicted octanol–water partition coefficient (Wildman–Crippen LogP) is 2.58. The third kappa shape index (κ3) is 4.47. The Bertz CT molecular complexity index is 1270. The maximum absolute atomic E-state index is 13.2. The van der Waals surface area contributed by atoms with Crippen LogP contribution in [0.3, 0.4) is 0 Å². The average molecular weight is 442 g/mol. The molecule has 1 aliphatic rings. The fourth-order valence-electron chi connectivity index (χ4n) is 3.74. The number of H-pyrrole nitrogens is 1. The monoisotopic (exact) mass is 441 g/mol. The minimum Gasteiger partial charge on any atom is -0.497 e. The lowest BCUT2D eigenvalue weighted by Crippen LogP contribution is -2.43. The van der Waals surface area contributed by atoms with Gasteiger partial charge in [0.15, 0.2) is 0 Å². The first-order chi connectivity index (χ1) is 14.9. The first-order valence-corrected chi connectivity index (χ1v) is 11.4. The molecule has 0 aliphatic carbocycles. The Morgan fingerprint density at radius 2 is 1.90 bits per heavy atom. The van der Waals surface area contributed by atoms with Gasteiger partial charge in [-0.05, 0) is 66.8 Å². The number of carbonyl (C=O) groups excluding carboxylic acids is 1. The fraction of sp³-hybridized carbons (Fsp3) is 0.273. The molecule has 31 heavy (non-hydrogen) atoms. The molecule has 0 saturated carbocycles. The van der Waals surface area contributed by atoms with Crippen molar-refractivity contribution in [3.8, 4) is 5.75 Å². The summed E-state index contributed by atoms with van der Waals surface area (Å²) in [7, 11) is -2.20. The molecule has 2 N–H and O–H groups in total. The molecule has 2 aromatic carbocycles. The molecule has 0 radical (unpaired) electrons. The number of anilines is 1. The van der Waals surface area contributed by atoms with Crippen LogP contribution in [0.4, 0.5) is 5.69 Å². The van der Waals surface area contributed by atoms with E-state index in [1.54, 1.807) is 49.6 Å². The summed E-state index contributed by atoms with van der Waals surface area (Å²) in [6, 6.07) is 14.5. The highest BCUT2D eigenvalue weighted by molar-refractivity contribution is 7.89. The summed E-state index contributed by atoms with van der Waals surface area (Å²) in [6.07, 6.45) is 1.22. The highest BCUT2D eigenvalue weighted by atomic mass is 32.2. The van der Waals surface area contributed by atoms with E-state index in [1.165, 1.54) is 16.4 Å². The molecule has 4 rings (SSSR count). The van der Waals surface area contributed by atoms with E-state index < -0.39 is 15.9 Å². The van der Waals surface area contributed by atoms with Crippen molar-refractivity contribution in [1.82, 2.24) is 9.29 Å². The Labute approximate surface area is 179 Å². The van der Waals surface area contributed by atoms with Crippen LogP contribution in [0.2, 0.25) is 0 Å². The first-order valence-electron chi connectivity index (χ1n) is 9.95. The number of nitrogens with one attached hydrogen (secondary N) is 2. The minimum atomic E-state index is -3.77. The van der Waals surface area contributed by atoms with Crippen LogP contribution >= 0.6 is 0 Å². The summed E-state index contributed by atoms with van der Waals surface area (Å²) in [5.74, 6) is 0.0379. The highest BCUT2D eigenvalue weighted by Crippen LogP contribution is 2.26. The fourth-order valence-corrected chi connectivity index (χ4v) is 5.30. The number of carbonyl (C=O) groups is 1. The molecule has 0 spiro atoms. The number of aromatic amines is 1. The molecule has 162 valence electrons. The van der Waals surface area contributed by atoms with Crippen molar-refractivity contribution in [2.24, 2.45) is 5.92 Å². The van der Waals surface area contributed by atoms with Crippen LogP contribution in [0.1, 0.15) is 12.8 Å². The van der Waals surface area contributed by atoms with Gasteiger partial charge in [0.05, 0.1) is 17.9 Å². The molecule has 1 amide bonds. The summed E-state index contributed by atoms with van der Waals surface area (Å²) in [4.78, 5) is 27.0. The van der Waals surface area contributed by atoms with Crippen molar-refractivity contribution in [1.29, 1.82) is 0 Å². The molecule has 3 aromatic rings. The summed E-state index contributed by atoms with van der Waals surface area (Å²) in [5, 5.41) is 3.49. The lowest BCUT2D eigenvalue weighted by atomic mass is 9.99. The number of amides is 1. The molecule has 1 atom stereocenters. The largest absolute Gasteiger partial charge is 0.497 e. The summed E-state index contributed by atoms with van der Waals surface area (Å²) in [6.45, 7) is 0.478. The molecule has 8 nitrogen and oxygen atoms in total. The molecular weight excluding hydrogens is 418 g/mol. The van der Waals surface area contributed by atoms with Gasteiger partial charge in [0.1, 0.15) is 5.75 Å². The quantitative estimate of drug-likeness (QED) is 0.633. The van der Waals surface area contributed by atoms with Crippen LogP contribution < -0.4 is 15.6 Å². The summed E-state index contributed by atoms with van der Waals surface area (Å²) >= 11 is 0. The molecule has 1 aliphatic heterocycles. The van der Waals surface area contributed by atoms with Crippen molar-refractivity contribution in [3.05, 3.63) is 65.0 Å². The van der Waals surface area contributed by atoms with E-state index in [0.717, 1.165) is 0 Å². The summed E-state index contributed by atoms with van der Waals surface area (Å²) in [5.41, 5.74) is 0.959. The zero-order valence-electron chi connectivity index (χ0n) is 17.0. The van der Waals surface area contributed by atoms with E-state index >= 15 is 0 Å². The molecule has 0 bridgehead atoms. The zero-order valence-corrected chi connectivity index (χ0v) is 17.8. The number of methoxy groups -OCH3 is 1. The Kier molecular flexibility index (Phi) is 5.79. The molecule has 1 aromatic heterocycles. The van der Waals surface area contributed by atoms with Crippen LogP contribution in [0.15, 0.2) is 64.3 Å². The maximum Gasteiger partial charge on any atom is 0.248 e. The van der Waals surface area contributed by atoms with Gasteiger partial charge >= 0.3 is 0 Å². The molecular formula is C22H23N3O5S. The lowest BCUT2D eigenvalue weighted by molar-refractivity contribution is -0.120. The number of sulfonamides is 1. The van der Waals surface area contributed by atoms with Crippen molar-refractivity contribution < 1.29 is 17.9 Å². The topological polar surface area (TPSA) is 109 Å². The number of aromatic nitrogens is 1. The van der Waals surface area contributed by atoms with Gasteiger partial charge in [-0.1, -0.05) is 0 Å².